The quantitative estimate of drug-likeness (QED) is 0.218. The van der Waals surface area contributed by atoms with E-state index in [0.717, 1.165) is 30.6 Å². The Labute approximate surface area is 208 Å². The van der Waals surface area contributed by atoms with E-state index in [4.69, 9.17) is 11.5 Å². The molecular weight excluding hydrogens is 442 g/mol. The molecule has 1 fully saturated rings. The number of hydrogen-bond donors (Lipinski definition) is 5. The minimum Gasteiger partial charge on any atom is -0.478 e. The number of nitrogens with two attached hydrogens (primary N) is 2. The number of carboxylic acid groups (broad SMARTS) is 1. The van der Waals surface area contributed by atoms with Gasteiger partial charge in [0.1, 0.15) is 0 Å². The highest BCUT2D eigenvalue weighted by molar-refractivity contribution is 5.89. The monoisotopic (exact) mass is 481 g/mol. The van der Waals surface area contributed by atoms with Crippen molar-refractivity contribution < 1.29 is 9.90 Å². The number of rotatable bonds is 8. The number of allylic oxidation sites excluding steroid dienone is 2. The van der Waals surface area contributed by atoms with E-state index < -0.39 is 5.97 Å². The van der Waals surface area contributed by atoms with E-state index in [9.17, 15) is 9.90 Å². The van der Waals surface area contributed by atoms with Crippen molar-refractivity contribution in [3.05, 3.63) is 52.6 Å². The molecule has 2 aliphatic rings. The maximum Gasteiger partial charge on any atom is 0.335 e. The van der Waals surface area contributed by atoms with E-state index in [2.05, 4.69) is 25.5 Å². The number of carboxylic acids is 1. The summed E-state index contributed by atoms with van der Waals surface area (Å²) in [5.74, 6) is 0.254. The molecule has 190 valence electrons. The first-order chi connectivity index (χ1) is 16.7. The van der Waals surface area contributed by atoms with Gasteiger partial charge in [-0.2, -0.15) is 0 Å². The summed E-state index contributed by atoms with van der Waals surface area (Å²) in [6.07, 6.45) is 5.84. The van der Waals surface area contributed by atoms with E-state index in [1.54, 1.807) is 12.1 Å². The van der Waals surface area contributed by atoms with E-state index in [1.165, 1.54) is 11.1 Å². The molecule has 9 nitrogen and oxygen atoms in total. The minimum absolute atomic E-state index is 0.0327. The fraction of sp³-hybridized carbons (Fsp3) is 0.500. The SMILES string of the molecule is CC(C)=CCN=C(N)NCC[C@@H]1Nc2ccc(C(=O)O)cc2[C@@H]2[C@H]1CCN2C(N)=NCC=C(C)C. The molecule has 9 heteroatoms. The van der Waals surface area contributed by atoms with Gasteiger partial charge in [-0.25, -0.2) is 14.8 Å². The number of nitrogens with one attached hydrogen (secondary N) is 2. The van der Waals surface area contributed by atoms with Gasteiger partial charge in [-0.3, -0.25) is 0 Å². The molecule has 3 rings (SSSR count). The van der Waals surface area contributed by atoms with Gasteiger partial charge in [0.2, 0.25) is 0 Å². The Morgan fingerprint density at radius 2 is 1.86 bits per heavy atom. The molecule has 0 radical (unpaired) electrons. The molecule has 0 saturated carbocycles. The second-order valence-corrected chi connectivity index (χ2v) is 9.65. The number of nitrogens with zero attached hydrogens (tertiary/aromatic N) is 3. The summed E-state index contributed by atoms with van der Waals surface area (Å²) in [6.45, 7) is 10.7. The zero-order valence-electron chi connectivity index (χ0n) is 21.2. The highest BCUT2D eigenvalue weighted by Crippen LogP contribution is 2.47. The Morgan fingerprint density at radius 1 is 1.17 bits per heavy atom. The maximum absolute atomic E-state index is 11.7. The number of likely N-dealkylation sites (tertiary alicyclic amines) is 1. The van der Waals surface area contributed by atoms with Gasteiger partial charge in [0.25, 0.3) is 0 Å². The molecule has 3 atom stereocenters. The number of hydrogen-bond acceptors (Lipinski definition) is 4. The maximum atomic E-state index is 11.7. The summed E-state index contributed by atoms with van der Waals surface area (Å²) in [4.78, 5) is 22.7. The first kappa shape index (κ1) is 26.1. The van der Waals surface area contributed by atoms with E-state index in [-0.39, 0.29) is 23.6 Å². The standard InChI is InChI=1S/C26H39N7O2/c1-16(2)7-11-29-25(27)30-13-9-22-19-10-14-33(26(28)31-12-8-17(3)4)23(19)20-15-18(24(34)35)5-6-21(20)32-22/h5-8,15,19,22-23,32H,9-14H2,1-4H3,(H2,28,31)(H,34,35)(H3,27,29,30)/t19-,22-,23-/m0/s1. The van der Waals surface area contributed by atoms with Crippen molar-refractivity contribution in [1.29, 1.82) is 0 Å². The van der Waals surface area contributed by atoms with Crippen LogP contribution in [-0.2, 0) is 0 Å². The summed E-state index contributed by atoms with van der Waals surface area (Å²) >= 11 is 0. The van der Waals surface area contributed by atoms with Crippen LogP contribution in [0.15, 0.2) is 51.5 Å². The number of guanidine groups is 2. The van der Waals surface area contributed by atoms with Crippen LogP contribution in [0.1, 0.15) is 62.5 Å². The lowest BCUT2D eigenvalue weighted by atomic mass is 9.81. The van der Waals surface area contributed by atoms with Crippen molar-refractivity contribution in [1.82, 2.24) is 10.2 Å². The number of aromatic carboxylic acids is 1. The lowest BCUT2D eigenvalue weighted by molar-refractivity contribution is 0.0696. The molecule has 1 aromatic carbocycles. The van der Waals surface area contributed by atoms with E-state index in [1.807, 2.05) is 45.9 Å². The van der Waals surface area contributed by atoms with Crippen molar-refractivity contribution in [3.63, 3.8) is 0 Å². The molecule has 1 aromatic rings. The Balaban J connectivity index is 1.80. The Hall–Kier alpha value is -3.49. The number of carbonyl (C=O) groups is 1. The molecule has 2 aliphatic heterocycles. The van der Waals surface area contributed by atoms with Gasteiger partial charge in [-0.15, -0.1) is 0 Å². The molecule has 0 unspecified atom stereocenters. The highest BCUT2D eigenvalue weighted by Gasteiger charge is 2.44. The third-order valence-corrected chi connectivity index (χ3v) is 6.49. The van der Waals surface area contributed by atoms with E-state index >= 15 is 0 Å². The average molecular weight is 482 g/mol. The lowest BCUT2D eigenvalue weighted by Crippen LogP contribution is -2.45. The third-order valence-electron chi connectivity index (χ3n) is 6.49. The van der Waals surface area contributed by atoms with Gasteiger partial charge in [-0.05, 0) is 64.3 Å². The van der Waals surface area contributed by atoms with Crippen molar-refractivity contribution >= 4 is 23.6 Å². The molecule has 0 aromatic heterocycles. The summed E-state index contributed by atoms with van der Waals surface area (Å²) in [5, 5.41) is 16.4. The molecule has 0 amide bonds. The smallest absolute Gasteiger partial charge is 0.335 e. The van der Waals surface area contributed by atoms with Gasteiger partial charge in [0.05, 0.1) is 24.7 Å². The molecule has 7 N–H and O–H groups in total. The zero-order chi connectivity index (χ0) is 25.5. The topological polar surface area (TPSA) is 141 Å². The van der Waals surface area contributed by atoms with Gasteiger partial charge >= 0.3 is 5.97 Å². The van der Waals surface area contributed by atoms with Gasteiger partial charge < -0.3 is 32.1 Å². The summed E-state index contributed by atoms with van der Waals surface area (Å²) in [5.41, 5.74) is 17.0. The number of aliphatic imine (C=N–C) groups is 2. The summed E-state index contributed by atoms with van der Waals surface area (Å²) < 4.78 is 0. The van der Waals surface area contributed by atoms with Crippen LogP contribution in [-0.4, -0.2) is 60.1 Å². The fourth-order valence-corrected chi connectivity index (χ4v) is 4.71. The molecule has 0 aliphatic carbocycles. The van der Waals surface area contributed by atoms with Crippen molar-refractivity contribution in [2.24, 2.45) is 27.4 Å². The van der Waals surface area contributed by atoms with Gasteiger partial charge in [0, 0.05) is 30.7 Å². The first-order valence-corrected chi connectivity index (χ1v) is 12.2. The van der Waals surface area contributed by atoms with Gasteiger partial charge in [0.15, 0.2) is 11.9 Å². The van der Waals surface area contributed by atoms with Crippen molar-refractivity contribution in [3.8, 4) is 0 Å². The normalized spacial score (nSPS) is 21.5. The van der Waals surface area contributed by atoms with Gasteiger partial charge in [-0.1, -0.05) is 23.3 Å². The Kier molecular flexibility index (Phi) is 8.78. The fourth-order valence-electron chi connectivity index (χ4n) is 4.71. The van der Waals surface area contributed by atoms with Crippen LogP contribution in [0.3, 0.4) is 0 Å². The molecular formula is C26H39N7O2. The second kappa shape index (κ2) is 11.8. The highest BCUT2D eigenvalue weighted by atomic mass is 16.4. The van der Waals surface area contributed by atoms with E-state index in [0.29, 0.717) is 31.6 Å². The predicted octanol–water partition coefficient (Wildman–Crippen LogP) is 3.08. The van der Waals surface area contributed by atoms with Crippen LogP contribution in [0.25, 0.3) is 0 Å². The Morgan fingerprint density at radius 3 is 2.51 bits per heavy atom. The largest absolute Gasteiger partial charge is 0.478 e. The van der Waals surface area contributed by atoms with Crippen LogP contribution in [0, 0.1) is 5.92 Å². The van der Waals surface area contributed by atoms with Crippen LogP contribution >= 0.6 is 0 Å². The van der Waals surface area contributed by atoms with Crippen LogP contribution in [0.2, 0.25) is 0 Å². The lowest BCUT2D eigenvalue weighted by Gasteiger charge is -2.40. The molecule has 0 bridgehead atoms. The number of fused-ring (bicyclic) bond motifs is 3. The number of anilines is 1. The Bertz CT molecular complexity index is 1040. The molecule has 35 heavy (non-hydrogen) atoms. The molecule has 0 spiro atoms. The van der Waals surface area contributed by atoms with Crippen LogP contribution in [0.4, 0.5) is 5.69 Å². The predicted molar refractivity (Wildman–Crippen MR) is 143 cm³/mol. The van der Waals surface area contributed by atoms with Crippen LogP contribution < -0.4 is 22.1 Å². The summed E-state index contributed by atoms with van der Waals surface area (Å²) in [7, 11) is 0. The average Bonchev–Trinajstić information content (AvgIpc) is 3.24. The van der Waals surface area contributed by atoms with Crippen LogP contribution in [0.5, 0.6) is 0 Å². The first-order valence-electron chi connectivity index (χ1n) is 12.2. The third kappa shape index (κ3) is 6.77. The molecule has 1 saturated heterocycles. The number of benzene rings is 1. The molecule has 2 heterocycles. The zero-order valence-corrected chi connectivity index (χ0v) is 21.2. The minimum atomic E-state index is -0.937. The van der Waals surface area contributed by atoms with Crippen molar-refractivity contribution in [2.45, 2.75) is 52.6 Å². The second-order valence-electron chi connectivity index (χ2n) is 9.65. The van der Waals surface area contributed by atoms with Crippen molar-refractivity contribution in [2.75, 3.05) is 31.5 Å². The summed E-state index contributed by atoms with van der Waals surface area (Å²) in [6, 6.07) is 5.42.